The van der Waals surface area contributed by atoms with Crippen LogP contribution in [0.4, 0.5) is 0 Å². The second-order valence-electron chi connectivity index (χ2n) is 6.46. The molecule has 0 bridgehead atoms. The van der Waals surface area contributed by atoms with E-state index in [-0.39, 0.29) is 0 Å². The lowest BCUT2D eigenvalue weighted by Gasteiger charge is -2.09. The van der Waals surface area contributed by atoms with E-state index in [9.17, 15) is 0 Å². The normalized spacial score (nSPS) is 13.5. The van der Waals surface area contributed by atoms with Gasteiger partial charge in [-0.05, 0) is 31.5 Å². The number of aromatic nitrogens is 4. The van der Waals surface area contributed by atoms with Crippen molar-refractivity contribution >= 4 is 5.65 Å². The van der Waals surface area contributed by atoms with Crippen molar-refractivity contribution < 1.29 is 0 Å². The molecule has 4 aromatic rings. The second-order valence-corrected chi connectivity index (χ2v) is 6.46. The zero-order chi connectivity index (χ0) is 16.1. The smallest absolute Gasteiger partial charge is 0.136 e. The Morgan fingerprint density at radius 2 is 2.04 bits per heavy atom. The summed E-state index contributed by atoms with van der Waals surface area (Å²) in [5, 5.41) is 0. The minimum Gasteiger partial charge on any atom is -0.327 e. The summed E-state index contributed by atoms with van der Waals surface area (Å²) >= 11 is 0. The Morgan fingerprint density at radius 1 is 1.08 bits per heavy atom. The Morgan fingerprint density at radius 3 is 2.96 bits per heavy atom. The van der Waals surface area contributed by atoms with Crippen molar-refractivity contribution in [1.29, 1.82) is 0 Å². The highest BCUT2D eigenvalue weighted by Gasteiger charge is 2.23. The molecule has 0 spiro atoms. The van der Waals surface area contributed by atoms with E-state index >= 15 is 0 Å². The Hall–Kier alpha value is -2.88. The van der Waals surface area contributed by atoms with Gasteiger partial charge in [0.15, 0.2) is 0 Å². The first-order valence-corrected chi connectivity index (χ1v) is 8.39. The molecule has 0 unspecified atom stereocenters. The van der Waals surface area contributed by atoms with Gasteiger partial charge < -0.3 is 8.97 Å². The molecule has 1 aromatic carbocycles. The summed E-state index contributed by atoms with van der Waals surface area (Å²) in [6.07, 6.45) is 8.22. The molecule has 0 aliphatic carbocycles. The molecule has 1 aliphatic rings. The van der Waals surface area contributed by atoms with Gasteiger partial charge in [0, 0.05) is 42.7 Å². The lowest BCUT2D eigenvalue weighted by molar-refractivity contribution is 0.756. The van der Waals surface area contributed by atoms with E-state index in [4.69, 9.17) is 4.98 Å². The molecule has 4 heterocycles. The van der Waals surface area contributed by atoms with Crippen molar-refractivity contribution in [3.8, 4) is 22.5 Å². The lowest BCUT2D eigenvalue weighted by atomic mass is 10.0. The summed E-state index contributed by atoms with van der Waals surface area (Å²) in [5.41, 5.74) is 6.93. The maximum atomic E-state index is 4.98. The Kier molecular flexibility index (Phi) is 2.86. The van der Waals surface area contributed by atoms with Gasteiger partial charge in [0.25, 0.3) is 0 Å². The molecule has 1 aliphatic heterocycles. The maximum absolute atomic E-state index is 4.98. The van der Waals surface area contributed by atoms with Crippen molar-refractivity contribution in [1.82, 2.24) is 18.9 Å². The number of imidazole rings is 2. The van der Waals surface area contributed by atoms with Gasteiger partial charge >= 0.3 is 0 Å². The van der Waals surface area contributed by atoms with Gasteiger partial charge in [0.2, 0.25) is 0 Å². The first-order chi connectivity index (χ1) is 11.8. The Bertz CT molecular complexity index is 1050. The minimum atomic E-state index is 0.969. The van der Waals surface area contributed by atoms with E-state index in [1.165, 1.54) is 34.6 Å². The van der Waals surface area contributed by atoms with Crippen LogP contribution in [-0.2, 0) is 13.0 Å². The number of pyridine rings is 1. The van der Waals surface area contributed by atoms with E-state index in [0.29, 0.717) is 0 Å². The highest BCUT2D eigenvalue weighted by Crippen LogP contribution is 2.35. The fourth-order valence-corrected chi connectivity index (χ4v) is 3.67. The Labute approximate surface area is 140 Å². The van der Waals surface area contributed by atoms with Crippen LogP contribution in [0.1, 0.15) is 17.8 Å². The van der Waals surface area contributed by atoms with Crippen molar-refractivity contribution in [2.45, 2.75) is 26.3 Å². The molecule has 4 nitrogen and oxygen atoms in total. The third-order valence-corrected chi connectivity index (χ3v) is 4.78. The van der Waals surface area contributed by atoms with Gasteiger partial charge in [0.05, 0.1) is 11.4 Å². The quantitative estimate of drug-likeness (QED) is 0.558. The third-order valence-electron chi connectivity index (χ3n) is 4.78. The van der Waals surface area contributed by atoms with Gasteiger partial charge in [-0.1, -0.05) is 23.8 Å². The molecule has 0 saturated carbocycles. The van der Waals surface area contributed by atoms with Gasteiger partial charge in [-0.3, -0.25) is 0 Å². The first kappa shape index (κ1) is 13.5. The van der Waals surface area contributed by atoms with Crippen LogP contribution in [0.15, 0.2) is 55.0 Å². The minimum absolute atomic E-state index is 0.969. The van der Waals surface area contributed by atoms with E-state index in [0.717, 1.165) is 24.3 Å². The van der Waals surface area contributed by atoms with Crippen LogP contribution in [0.3, 0.4) is 0 Å². The molecule has 24 heavy (non-hydrogen) atoms. The van der Waals surface area contributed by atoms with E-state index in [2.05, 4.69) is 63.5 Å². The van der Waals surface area contributed by atoms with Crippen molar-refractivity contribution in [3.63, 3.8) is 0 Å². The van der Waals surface area contributed by atoms with Crippen LogP contribution in [0, 0.1) is 6.92 Å². The summed E-state index contributed by atoms with van der Waals surface area (Å²) in [4.78, 5) is 9.33. The molecule has 0 atom stereocenters. The number of hydrogen-bond donors (Lipinski definition) is 0. The van der Waals surface area contributed by atoms with Crippen LogP contribution in [-0.4, -0.2) is 18.9 Å². The maximum Gasteiger partial charge on any atom is 0.136 e. The van der Waals surface area contributed by atoms with Gasteiger partial charge in [0.1, 0.15) is 11.5 Å². The average Bonchev–Trinajstić information content (AvgIpc) is 3.29. The van der Waals surface area contributed by atoms with E-state index in [1.807, 2.05) is 12.4 Å². The van der Waals surface area contributed by atoms with Gasteiger partial charge in [-0.2, -0.15) is 0 Å². The van der Waals surface area contributed by atoms with Gasteiger partial charge in [-0.25, -0.2) is 9.97 Å². The van der Waals surface area contributed by atoms with Crippen LogP contribution in [0.2, 0.25) is 0 Å². The largest absolute Gasteiger partial charge is 0.327 e. The molecule has 5 rings (SSSR count). The second kappa shape index (κ2) is 5.06. The molecule has 0 N–H and O–H groups in total. The fourth-order valence-electron chi connectivity index (χ4n) is 3.67. The molecule has 0 radical (unpaired) electrons. The molecular formula is C20H18N4. The number of fused-ring (bicyclic) bond motifs is 2. The summed E-state index contributed by atoms with van der Waals surface area (Å²) in [6.45, 7) is 3.18. The number of aryl methyl sites for hydroxylation is 2. The monoisotopic (exact) mass is 314 g/mol. The lowest BCUT2D eigenvalue weighted by Crippen LogP contribution is -1.97. The van der Waals surface area contributed by atoms with E-state index in [1.54, 1.807) is 0 Å². The van der Waals surface area contributed by atoms with Crippen molar-refractivity contribution in [3.05, 3.63) is 66.4 Å². The predicted octanol–water partition coefficient (Wildman–Crippen LogP) is 4.12. The standard InChI is InChI=1S/C20H18N4/c1-14-4-2-5-15(12-14)19-20(24-10-3-6-18(24)22-19)16-7-8-17-21-9-11-23(17)13-16/h2,4-5,7-9,11-13H,3,6,10H2,1H3. The van der Waals surface area contributed by atoms with Gasteiger partial charge in [-0.15, -0.1) is 0 Å². The Balaban J connectivity index is 1.77. The zero-order valence-corrected chi connectivity index (χ0v) is 13.6. The summed E-state index contributed by atoms with van der Waals surface area (Å²) in [6, 6.07) is 12.8. The molecule has 3 aromatic heterocycles. The average molecular weight is 314 g/mol. The molecule has 0 amide bonds. The first-order valence-electron chi connectivity index (χ1n) is 8.39. The highest BCUT2D eigenvalue weighted by molar-refractivity contribution is 5.79. The number of nitrogens with zero attached hydrogens (tertiary/aromatic N) is 4. The SMILES string of the molecule is Cc1cccc(-c2nc3n(c2-c2ccc4nccn4c2)CCC3)c1. The van der Waals surface area contributed by atoms with Crippen LogP contribution in [0.25, 0.3) is 28.2 Å². The fraction of sp³-hybridized carbons (Fsp3) is 0.200. The third kappa shape index (κ3) is 1.99. The summed E-state index contributed by atoms with van der Waals surface area (Å²) in [5.74, 6) is 1.20. The summed E-state index contributed by atoms with van der Waals surface area (Å²) < 4.78 is 4.46. The molecule has 118 valence electrons. The van der Waals surface area contributed by atoms with Crippen molar-refractivity contribution in [2.75, 3.05) is 0 Å². The zero-order valence-electron chi connectivity index (χ0n) is 13.6. The molecule has 4 heteroatoms. The number of hydrogen-bond acceptors (Lipinski definition) is 2. The number of rotatable bonds is 2. The van der Waals surface area contributed by atoms with Crippen LogP contribution in [0.5, 0.6) is 0 Å². The van der Waals surface area contributed by atoms with Crippen LogP contribution >= 0.6 is 0 Å². The molecule has 0 saturated heterocycles. The van der Waals surface area contributed by atoms with Crippen LogP contribution < -0.4 is 0 Å². The predicted molar refractivity (Wildman–Crippen MR) is 94.9 cm³/mol. The van der Waals surface area contributed by atoms with E-state index < -0.39 is 0 Å². The number of benzene rings is 1. The summed E-state index contributed by atoms with van der Waals surface area (Å²) in [7, 11) is 0. The highest BCUT2D eigenvalue weighted by atomic mass is 15.1. The molecule has 0 fully saturated rings. The van der Waals surface area contributed by atoms with Crippen molar-refractivity contribution in [2.24, 2.45) is 0 Å². The topological polar surface area (TPSA) is 35.1 Å². The molecular weight excluding hydrogens is 296 g/mol.